The minimum Gasteiger partial charge on any atom is -0.340 e. The van der Waals surface area contributed by atoms with Crippen molar-refractivity contribution < 1.29 is 9.47 Å². The molecule has 0 fully saturated rings. The van der Waals surface area contributed by atoms with Crippen molar-refractivity contribution in [2.45, 2.75) is 84.5 Å². The van der Waals surface area contributed by atoms with Gasteiger partial charge in [-0.05, 0) is 19.9 Å². The molecule has 1 N–H and O–H groups in total. The average molecular weight is 273 g/mol. The summed E-state index contributed by atoms with van der Waals surface area (Å²) in [5.41, 5.74) is 0. The summed E-state index contributed by atoms with van der Waals surface area (Å²) in [6, 6.07) is 0. The first-order valence-corrected chi connectivity index (χ1v) is 8.25. The lowest BCUT2D eigenvalue weighted by Gasteiger charge is -2.17. The highest BCUT2D eigenvalue weighted by molar-refractivity contribution is 4.45. The molecule has 0 radical (unpaired) electrons. The van der Waals surface area contributed by atoms with Gasteiger partial charge in [0.25, 0.3) is 0 Å². The Bertz CT molecular complexity index is 149. The Morgan fingerprint density at radius 3 is 1.47 bits per heavy atom. The maximum atomic E-state index is 5.67. The normalized spacial score (nSPS) is 11.4. The van der Waals surface area contributed by atoms with E-state index in [-0.39, 0.29) is 6.41 Å². The van der Waals surface area contributed by atoms with Gasteiger partial charge in [-0.3, -0.25) is 5.32 Å². The molecule has 0 aliphatic rings. The van der Waals surface area contributed by atoms with Crippen molar-refractivity contribution in [2.24, 2.45) is 0 Å². The number of ether oxygens (including phenoxy) is 2. The Balaban J connectivity index is 3.30. The van der Waals surface area contributed by atoms with Crippen LogP contribution in [0.3, 0.4) is 0 Å². The van der Waals surface area contributed by atoms with Gasteiger partial charge in [0.05, 0.1) is 13.2 Å². The topological polar surface area (TPSA) is 30.5 Å². The number of hydrogen-bond acceptors (Lipinski definition) is 3. The summed E-state index contributed by atoms with van der Waals surface area (Å²) in [6.07, 6.45) is 12.5. The lowest BCUT2D eigenvalue weighted by atomic mass is 10.2. The highest BCUT2D eigenvalue weighted by Gasteiger charge is 2.05. The first-order chi connectivity index (χ1) is 9.35. The zero-order chi connectivity index (χ0) is 14.2. The minimum atomic E-state index is -0.225. The third-order valence-corrected chi connectivity index (χ3v) is 3.27. The molecule has 116 valence electrons. The van der Waals surface area contributed by atoms with Gasteiger partial charge >= 0.3 is 0 Å². The van der Waals surface area contributed by atoms with Crippen LogP contribution in [0.2, 0.25) is 0 Å². The van der Waals surface area contributed by atoms with Crippen LogP contribution in [0.1, 0.15) is 78.1 Å². The predicted octanol–water partition coefficient (Wildman–Crippen LogP) is 4.46. The number of nitrogens with one attached hydrogen (secondary N) is 1. The molecule has 0 heterocycles. The molecule has 0 rings (SSSR count). The van der Waals surface area contributed by atoms with Gasteiger partial charge in [0.2, 0.25) is 6.41 Å². The SMILES string of the molecule is CCCCCCCOC(NC)OCCCCCCC. The van der Waals surface area contributed by atoms with E-state index in [9.17, 15) is 0 Å². The zero-order valence-corrected chi connectivity index (χ0v) is 13.4. The predicted molar refractivity (Wildman–Crippen MR) is 82.3 cm³/mol. The summed E-state index contributed by atoms with van der Waals surface area (Å²) >= 11 is 0. The summed E-state index contributed by atoms with van der Waals surface area (Å²) in [4.78, 5) is 0. The van der Waals surface area contributed by atoms with Crippen molar-refractivity contribution in [1.82, 2.24) is 5.32 Å². The van der Waals surface area contributed by atoms with E-state index in [1.165, 1.54) is 51.4 Å². The molecule has 3 nitrogen and oxygen atoms in total. The van der Waals surface area contributed by atoms with Crippen molar-refractivity contribution in [3.05, 3.63) is 0 Å². The smallest absolute Gasteiger partial charge is 0.215 e. The molecular weight excluding hydrogens is 238 g/mol. The van der Waals surface area contributed by atoms with Crippen molar-refractivity contribution in [3.63, 3.8) is 0 Å². The summed E-state index contributed by atoms with van der Waals surface area (Å²) in [6.45, 7) is 6.07. The maximum absolute atomic E-state index is 5.67. The molecule has 0 aromatic carbocycles. The fourth-order valence-electron chi connectivity index (χ4n) is 2.01. The Morgan fingerprint density at radius 2 is 1.11 bits per heavy atom. The van der Waals surface area contributed by atoms with Gasteiger partial charge in [-0.15, -0.1) is 0 Å². The Hall–Kier alpha value is -0.120. The first-order valence-electron chi connectivity index (χ1n) is 8.25. The Morgan fingerprint density at radius 1 is 0.684 bits per heavy atom. The summed E-state index contributed by atoms with van der Waals surface area (Å²) in [7, 11) is 1.89. The van der Waals surface area contributed by atoms with E-state index < -0.39 is 0 Å². The number of hydrogen-bond donors (Lipinski definition) is 1. The second-order valence-electron chi connectivity index (χ2n) is 5.19. The first kappa shape index (κ1) is 18.9. The van der Waals surface area contributed by atoms with Crippen molar-refractivity contribution in [3.8, 4) is 0 Å². The van der Waals surface area contributed by atoms with Gasteiger partial charge in [0.1, 0.15) is 0 Å². The quantitative estimate of drug-likeness (QED) is 0.353. The third-order valence-electron chi connectivity index (χ3n) is 3.27. The molecule has 0 unspecified atom stereocenters. The average Bonchev–Trinajstić information content (AvgIpc) is 2.44. The summed E-state index contributed by atoms with van der Waals surface area (Å²) in [5, 5.41) is 3.06. The minimum absolute atomic E-state index is 0.225. The molecule has 19 heavy (non-hydrogen) atoms. The van der Waals surface area contributed by atoms with Crippen LogP contribution in [-0.4, -0.2) is 26.7 Å². The van der Waals surface area contributed by atoms with Crippen LogP contribution in [0, 0.1) is 0 Å². The molecule has 0 bridgehead atoms. The van der Waals surface area contributed by atoms with Gasteiger partial charge < -0.3 is 9.47 Å². The zero-order valence-electron chi connectivity index (χ0n) is 13.4. The number of unbranched alkanes of at least 4 members (excludes halogenated alkanes) is 8. The molecule has 0 aliphatic heterocycles. The van der Waals surface area contributed by atoms with E-state index in [0.717, 1.165) is 26.1 Å². The van der Waals surface area contributed by atoms with Gasteiger partial charge in [-0.25, -0.2) is 0 Å². The Kier molecular flexibility index (Phi) is 15.8. The maximum Gasteiger partial charge on any atom is 0.215 e. The molecule has 0 spiro atoms. The number of rotatable bonds is 15. The van der Waals surface area contributed by atoms with Crippen LogP contribution in [0.4, 0.5) is 0 Å². The van der Waals surface area contributed by atoms with E-state index in [1.807, 2.05) is 7.05 Å². The van der Waals surface area contributed by atoms with E-state index >= 15 is 0 Å². The van der Waals surface area contributed by atoms with Crippen molar-refractivity contribution >= 4 is 0 Å². The Labute approximate surface area is 120 Å². The standard InChI is InChI=1S/C16H35NO2/c1-4-6-8-10-12-14-18-16(17-3)19-15-13-11-9-7-5-2/h16-17H,4-15H2,1-3H3. The largest absolute Gasteiger partial charge is 0.340 e. The fraction of sp³-hybridized carbons (Fsp3) is 1.00. The van der Waals surface area contributed by atoms with Crippen LogP contribution in [0.15, 0.2) is 0 Å². The molecule has 3 heteroatoms. The van der Waals surface area contributed by atoms with E-state index in [1.54, 1.807) is 0 Å². The molecular formula is C16H35NO2. The molecule has 0 saturated heterocycles. The van der Waals surface area contributed by atoms with Crippen molar-refractivity contribution in [1.29, 1.82) is 0 Å². The van der Waals surface area contributed by atoms with Gasteiger partial charge in [0, 0.05) is 0 Å². The molecule has 0 aromatic heterocycles. The molecule has 0 amide bonds. The van der Waals surface area contributed by atoms with Crippen LogP contribution >= 0.6 is 0 Å². The molecule has 0 aromatic rings. The van der Waals surface area contributed by atoms with Gasteiger partial charge in [-0.1, -0.05) is 65.2 Å². The third kappa shape index (κ3) is 14.1. The lowest BCUT2D eigenvalue weighted by molar-refractivity contribution is -0.158. The molecule has 0 saturated carbocycles. The van der Waals surface area contributed by atoms with E-state index in [2.05, 4.69) is 19.2 Å². The van der Waals surface area contributed by atoms with Crippen molar-refractivity contribution in [2.75, 3.05) is 20.3 Å². The van der Waals surface area contributed by atoms with Crippen LogP contribution < -0.4 is 5.32 Å². The highest BCUT2D eigenvalue weighted by Crippen LogP contribution is 2.05. The second kappa shape index (κ2) is 15.9. The van der Waals surface area contributed by atoms with Crippen LogP contribution in [-0.2, 0) is 9.47 Å². The lowest BCUT2D eigenvalue weighted by Crippen LogP contribution is -2.32. The van der Waals surface area contributed by atoms with Crippen LogP contribution in [0.5, 0.6) is 0 Å². The highest BCUT2D eigenvalue weighted by atomic mass is 16.7. The monoisotopic (exact) mass is 273 g/mol. The molecule has 0 aliphatic carbocycles. The van der Waals surface area contributed by atoms with Gasteiger partial charge in [-0.2, -0.15) is 0 Å². The molecule has 0 atom stereocenters. The van der Waals surface area contributed by atoms with Crippen LogP contribution in [0.25, 0.3) is 0 Å². The van der Waals surface area contributed by atoms with Gasteiger partial charge in [0.15, 0.2) is 0 Å². The van der Waals surface area contributed by atoms with E-state index in [4.69, 9.17) is 9.47 Å². The van der Waals surface area contributed by atoms with E-state index in [0.29, 0.717) is 0 Å². The summed E-state index contributed by atoms with van der Waals surface area (Å²) in [5.74, 6) is 0. The summed E-state index contributed by atoms with van der Waals surface area (Å²) < 4.78 is 11.3. The second-order valence-corrected chi connectivity index (χ2v) is 5.19. The fourth-order valence-corrected chi connectivity index (χ4v) is 2.01.